The summed E-state index contributed by atoms with van der Waals surface area (Å²) >= 11 is 0. The zero-order valence-electron chi connectivity index (χ0n) is 19.9. The molecule has 0 saturated heterocycles. The molecule has 0 amide bonds. The quantitative estimate of drug-likeness (QED) is 0.215. The second kappa shape index (κ2) is 14.8. The van der Waals surface area contributed by atoms with Gasteiger partial charge in [0, 0.05) is 11.9 Å². The number of pyridine rings is 1. The Balaban J connectivity index is 1.83. The molecule has 2 rings (SSSR count). The first-order chi connectivity index (χ1) is 15.2. The van der Waals surface area contributed by atoms with Gasteiger partial charge in [0.15, 0.2) is 0 Å². The highest BCUT2D eigenvalue weighted by molar-refractivity contribution is 5.89. The number of esters is 1. The van der Waals surface area contributed by atoms with Gasteiger partial charge in [0.05, 0.1) is 5.56 Å². The maximum atomic E-state index is 12.6. The molecule has 31 heavy (non-hydrogen) atoms. The van der Waals surface area contributed by atoms with Gasteiger partial charge in [0.2, 0.25) is 0 Å². The van der Waals surface area contributed by atoms with Crippen LogP contribution in [0, 0.1) is 0 Å². The number of carbonyl (C=O) groups is 1. The fourth-order valence-corrected chi connectivity index (χ4v) is 3.84. The van der Waals surface area contributed by atoms with E-state index in [0.29, 0.717) is 5.56 Å². The number of hydrogen-bond acceptors (Lipinski definition) is 3. The van der Waals surface area contributed by atoms with Crippen molar-refractivity contribution in [1.29, 1.82) is 0 Å². The fraction of sp³-hybridized carbons (Fsp3) is 0.571. The zero-order chi connectivity index (χ0) is 22.3. The highest BCUT2D eigenvalue weighted by atomic mass is 16.5. The number of benzene rings is 1. The zero-order valence-corrected chi connectivity index (χ0v) is 19.9. The molecule has 1 aromatic heterocycles. The number of ether oxygens (including phenoxy) is 1. The van der Waals surface area contributed by atoms with E-state index in [4.69, 9.17) is 4.74 Å². The van der Waals surface area contributed by atoms with E-state index in [1.165, 1.54) is 56.9 Å². The highest BCUT2D eigenvalue weighted by Gasteiger charge is 2.17. The smallest absolute Gasteiger partial charge is 0.340 e. The van der Waals surface area contributed by atoms with Crippen molar-refractivity contribution < 1.29 is 9.53 Å². The average molecular weight is 424 g/mol. The third kappa shape index (κ3) is 9.25. The molecule has 0 N–H and O–H groups in total. The second-order valence-corrected chi connectivity index (χ2v) is 8.56. The first kappa shape index (κ1) is 25.1. The van der Waals surface area contributed by atoms with E-state index in [2.05, 4.69) is 50.0 Å². The summed E-state index contributed by atoms with van der Waals surface area (Å²) in [7, 11) is 0. The molecule has 0 aliphatic rings. The lowest BCUT2D eigenvalue weighted by Gasteiger charge is -2.17. The topological polar surface area (TPSA) is 39.2 Å². The minimum Gasteiger partial charge on any atom is -0.454 e. The number of carbonyl (C=O) groups excluding carboxylic acids is 1. The summed E-state index contributed by atoms with van der Waals surface area (Å²) in [5.74, 6) is -0.294. The summed E-state index contributed by atoms with van der Waals surface area (Å²) in [6.45, 7) is 6.52. The lowest BCUT2D eigenvalue weighted by molar-refractivity contribution is 0.0287. The maximum Gasteiger partial charge on any atom is 0.340 e. The second-order valence-electron chi connectivity index (χ2n) is 8.56. The van der Waals surface area contributed by atoms with Crippen LogP contribution in [0.2, 0.25) is 0 Å². The van der Waals surface area contributed by atoms with Crippen molar-refractivity contribution in [3.63, 3.8) is 0 Å². The molecule has 0 saturated carbocycles. The normalized spacial score (nSPS) is 12.0. The predicted molar refractivity (Wildman–Crippen MR) is 129 cm³/mol. The molecule has 170 valence electrons. The van der Waals surface area contributed by atoms with Gasteiger partial charge in [-0.15, -0.1) is 0 Å². The van der Waals surface area contributed by atoms with Crippen LogP contribution in [0.5, 0.6) is 0 Å². The third-order valence-electron chi connectivity index (χ3n) is 5.89. The van der Waals surface area contributed by atoms with Crippen molar-refractivity contribution in [1.82, 2.24) is 4.98 Å². The van der Waals surface area contributed by atoms with Gasteiger partial charge in [-0.1, -0.05) is 90.0 Å². The number of aryl methyl sites for hydroxylation is 2. The van der Waals surface area contributed by atoms with E-state index in [1.807, 2.05) is 12.1 Å². The van der Waals surface area contributed by atoms with E-state index in [-0.39, 0.29) is 12.1 Å². The number of unbranched alkanes of at least 4 members (excludes halogenated alkanes) is 7. The van der Waals surface area contributed by atoms with Gasteiger partial charge in [-0.05, 0) is 55.4 Å². The standard InChI is InChI=1S/C28H41NO2/c1-4-7-9-10-11-13-15-26-21-20-25(22-29-26)28(30)31-27(6-3)24-18-16-23(17-19-24)14-12-8-5-2/h16-22,27H,4-15H2,1-3H3. The number of hydrogen-bond donors (Lipinski definition) is 0. The molecule has 0 bridgehead atoms. The van der Waals surface area contributed by atoms with Crippen LogP contribution in [-0.2, 0) is 17.6 Å². The van der Waals surface area contributed by atoms with Crippen molar-refractivity contribution >= 4 is 5.97 Å². The van der Waals surface area contributed by atoms with Crippen molar-refractivity contribution in [2.45, 2.75) is 104 Å². The van der Waals surface area contributed by atoms with Gasteiger partial charge < -0.3 is 4.74 Å². The minimum absolute atomic E-state index is 0.222. The van der Waals surface area contributed by atoms with E-state index in [1.54, 1.807) is 6.20 Å². The van der Waals surface area contributed by atoms with Crippen LogP contribution in [0.25, 0.3) is 0 Å². The molecule has 1 heterocycles. The molecule has 0 spiro atoms. The molecule has 0 aliphatic heterocycles. The van der Waals surface area contributed by atoms with Gasteiger partial charge in [-0.2, -0.15) is 0 Å². The van der Waals surface area contributed by atoms with Crippen molar-refractivity contribution in [3.05, 3.63) is 65.0 Å². The summed E-state index contributed by atoms with van der Waals surface area (Å²) in [4.78, 5) is 17.1. The van der Waals surface area contributed by atoms with Crippen LogP contribution in [-0.4, -0.2) is 11.0 Å². The molecular formula is C28H41NO2. The van der Waals surface area contributed by atoms with Gasteiger partial charge in [-0.3, -0.25) is 4.98 Å². The van der Waals surface area contributed by atoms with Gasteiger partial charge >= 0.3 is 5.97 Å². The van der Waals surface area contributed by atoms with Gasteiger partial charge in [-0.25, -0.2) is 4.79 Å². The molecule has 0 radical (unpaired) electrons. The Morgan fingerprint density at radius 2 is 1.45 bits per heavy atom. The highest BCUT2D eigenvalue weighted by Crippen LogP contribution is 2.23. The van der Waals surface area contributed by atoms with Crippen LogP contribution < -0.4 is 0 Å². The summed E-state index contributed by atoms with van der Waals surface area (Å²) in [5.41, 5.74) is 3.99. The molecule has 0 aliphatic carbocycles. The molecule has 1 unspecified atom stereocenters. The fourth-order valence-electron chi connectivity index (χ4n) is 3.84. The minimum atomic E-state index is -0.294. The number of rotatable bonds is 15. The molecule has 2 aromatic rings. The summed E-state index contributed by atoms with van der Waals surface area (Å²) in [6.07, 6.45) is 15.7. The third-order valence-corrected chi connectivity index (χ3v) is 5.89. The maximum absolute atomic E-state index is 12.6. The van der Waals surface area contributed by atoms with Gasteiger partial charge in [0.1, 0.15) is 6.10 Å². The first-order valence-corrected chi connectivity index (χ1v) is 12.4. The molecule has 0 fully saturated rings. The van der Waals surface area contributed by atoms with Crippen LogP contribution in [0.4, 0.5) is 0 Å². The molecule has 1 aromatic carbocycles. The van der Waals surface area contributed by atoms with E-state index >= 15 is 0 Å². The van der Waals surface area contributed by atoms with Crippen molar-refractivity contribution in [2.75, 3.05) is 0 Å². The van der Waals surface area contributed by atoms with Crippen LogP contribution >= 0.6 is 0 Å². The summed E-state index contributed by atoms with van der Waals surface area (Å²) in [6, 6.07) is 12.4. The van der Waals surface area contributed by atoms with Crippen LogP contribution in [0.3, 0.4) is 0 Å². The lowest BCUT2D eigenvalue weighted by atomic mass is 10.0. The Morgan fingerprint density at radius 1 is 0.806 bits per heavy atom. The number of nitrogens with zero attached hydrogens (tertiary/aromatic N) is 1. The monoisotopic (exact) mass is 423 g/mol. The Morgan fingerprint density at radius 3 is 2.10 bits per heavy atom. The van der Waals surface area contributed by atoms with Crippen LogP contribution in [0.1, 0.15) is 118 Å². The van der Waals surface area contributed by atoms with E-state index in [9.17, 15) is 4.79 Å². The summed E-state index contributed by atoms with van der Waals surface area (Å²) < 4.78 is 5.81. The summed E-state index contributed by atoms with van der Waals surface area (Å²) in [5, 5.41) is 0. The van der Waals surface area contributed by atoms with E-state index < -0.39 is 0 Å². The molecule has 1 atom stereocenters. The molecular weight excluding hydrogens is 382 g/mol. The lowest BCUT2D eigenvalue weighted by Crippen LogP contribution is -2.12. The molecule has 3 nitrogen and oxygen atoms in total. The molecule has 3 heteroatoms. The van der Waals surface area contributed by atoms with Crippen molar-refractivity contribution in [2.24, 2.45) is 0 Å². The first-order valence-electron chi connectivity index (χ1n) is 12.4. The largest absolute Gasteiger partial charge is 0.454 e. The van der Waals surface area contributed by atoms with Crippen molar-refractivity contribution in [3.8, 4) is 0 Å². The van der Waals surface area contributed by atoms with Crippen LogP contribution in [0.15, 0.2) is 42.6 Å². The van der Waals surface area contributed by atoms with E-state index in [0.717, 1.165) is 36.9 Å². The Bertz CT molecular complexity index is 737. The predicted octanol–water partition coefficient (Wildman–Crippen LogP) is 8.03. The SMILES string of the molecule is CCCCCCCCc1ccc(C(=O)OC(CC)c2ccc(CCCCC)cc2)cn1. The average Bonchev–Trinajstić information content (AvgIpc) is 2.81. The number of aromatic nitrogens is 1. The Kier molecular flexibility index (Phi) is 12.0. The van der Waals surface area contributed by atoms with Gasteiger partial charge in [0.25, 0.3) is 0 Å². The Hall–Kier alpha value is -2.16. The Labute approximate surface area is 189 Å².